The van der Waals surface area contributed by atoms with E-state index in [1.807, 2.05) is 0 Å². The summed E-state index contributed by atoms with van der Waals surface area (Å²) in [6, 6.07) is 7.37. The molecule has 1 aromatic heterocycles. The zero-order valence-corrected chi connectivity index (χ0v) is 11.7. The minimum atomic E-state index is -4.62. The summed E-state index contributed by atoms with van der Waals surface area (Å²) >= 11 is 0. The molecule has 1 heterocycles. The van der Waals surface area contributed by atoms with Crippen molar-refractivity contribution in [3.8, 4) is 5.75 Å². The monoisotopic (exact) mass is 327 g/mol. The summed E-state index contributed by atoms with van der Waals surface area (Å²) < 4.78 is 47.8. The van der Waals surface area contributed by atoms with Crippen LogP contribution in [-0.2, 0) is 11.0 Å². The van der Waals surface area contributed by atoms with Crippen LogP contribution >= 0.6 is 0 Å². The second-order valence-electron chi connectivity index (χ2n) is 4.45. The van der Waals surface area contributed by atoms with E-state index in [0.29, 0.717) is 0 Å². The highest BCUT2D eigenvalue weighted by Gasteiger charge is 2.34. The second kappa shape index (κ2) is 6.99. The number of benzene rings is 1. The smallest absolute Gasteiger partial charge is 0.419 e. The largest absolute Gasteiger partial charge is 0.459 e. The van der Waals surface area contributed by atoms with Crippen LogP contribution in [0.3, 0.4) is 0 Å². The maximum atomic E-state index is 12.8. The molecule has 122 valence electrons. The molecule has 2 rings (SSSR count). The van der Waals surface area contributed by atoms with Crippen molar-refractivity contribution in [2.24, 2.45) is 0 Å². The number of ether oxygens (including phenoxy) is 1. The molecule has 1 amide bonds. The van der Waals surface area contributed by atoms with E-state index >= 15 is 0 Å². The summed E-state index contributed by atoms with van der Waals surface area (Å²) in [6.07, 6.45) is -3.58. The Hall–Kier alpha value is -2.77. The summed E-state index contributed by atoms with van der Waals surface area (Å²) in [7, 11) is 0. The zero-order valence-electron chi connectivity index (χ0n) is 11.7. The van der Waals surface area contributed by atoms with E-state index in [1.54, 1.807) is 0 Å². The SMILES string of the molecule is O=C(CCNC(=O)c1ccco1)Oc1ccccc1C(F)(F)F. The molecule has 0 aliphatic carbocycles. The summed E-state index contributed by atoms with van der Waals surface area (Å²) in [5.41, 5.74) is -1.03. The number of furan rings is 1. The van der Waals surface area contributed by atoms with Gasteiger partial charge in [0.1, 0.15) is 5.75 Å². The van der Waals surface area contributed by atoms with Gasteiger partial charge in [-0.2, -0.15) is 13.2 Å². The van der Waals surface area contributed by atoms with Crippen LogP contribution in [0.15, 0.2) is 47.1 Å². The molecule has 8 heteroatoms. The van der Waals surface area contributed by atoms with Crippen molar-refractivity contribution in [2.75, 3.05) is 6.54 Å². The maximum absolute atomic E-state index is 12.8. The average molecular weight is 327 g/mol. The van der Waals surface area contributed by atoms with Gasteiger partial charge in [0.2, 0.25) is 0 Å². The Morgan fingerprint density at radius 3 is 2.52 bits per heavy atom. The van der Waals surface area contributed by atoms with Crippen LogP contribution in [0.25, 0.3) is 0 Å². The van der Waals surface area contributed by atoms with Gasteiger partial charge >= 0.3 is 12.1 Å². The van der Waals surface area contributed by atoms with Crippen LogP contribution in [0, 0.1) is 0 Å². The molecule has 1 N–H and O–H groups in total. The Labute approximate surface area is 129 Å². The number of rotatable bonds is 5. The first-order chi connectivity index (χ1) is 10.9. The summed E-state index contributed by atoms with van der Waals surface area (Å²) in [5.74, 6) is -1.91. The third kappa shape index (κ3) is 4.60. The Kier molecular flexibility index (Phi) is 5.05. The lowest BCUT2D eigenvalue weighted by Crippen LogP contribution is -2.27. The summed E-state index contributed by atoms with van der Waals surface area (Å²) in [5, 5.41) is 2.39. The van der Waals surface area contributed by atoms with Gasteiger partial charge in [0.15, 0.2) is 5.76 Å². The van der Waals surface area contributed by atoms with Crippen LogP contribution < -0.4 is 10.1 Å². The van der Waals surface area contributed by atoms with Crippen LogP contribution in [-0.4, -0.2) is 18.4 Å². The van der Waals surface area contributed by atoms with Gasteiger partial charge in [-0.25, -0.2) is 0 Å². The van der Waals surface area contributed by atoms with Crippen LogP contribution in [0.2, 0.25) is 0 Å². The molecule has 5 nitrogen and oxygen atoms in total. The summed E-state index contributed by atoms with van der Waals surface area (Å²) in [4.78, 5) is 23.1. The van der Waals surface area contributed by atoms with Crippen molar-refractivity contribution in [2.45, 2.75) is 12.6 Å². The molecule has 2 aromatic rings. The van der Waals surface area contributed by atoms with Gasteiger partial charge in [-0.15, -0.1) is 0 Å². The van der Waals surface area contributed by atoms with Crippen LogP contribution in [0.4, 0.5) is 13.2 Å². The number of carbonyl (C=O) groups excluding carboxylic acids is 2. The third-order valence-corrected chi connectivity index (χ3v) is 2.78. The number of halogens is 3. The number of alkyl halides is 3. The first-order valence-corrected chi connectivity index (χ1v) is 6.56. The fraction of sp³-hybridized carbons (Fsp3) is 0.200. The molecule has 0 radical (unpaired) electrons. The quantitative estimate of drug-likeness (QED) is 0.677. The topological polar surface area (TPSA) is 68.5 Å². The molecule has 0 saturated carbocycles. The lowest BCUT2D eigenvalue weighted by atomic mass is 10.2. The van der Waals surface area contributed by atoms with Crippen molar-refractivity contribution in [1.82, 2.24) is 5.32 Å². The summed E-state index contributed by atoms with van der Waals surface area (Å²) in [6.45, 7) is -0.0907. The van der Waals surface area contributed by atoms with E-state index in [9.17, 15) is 22.8 Å². The van der Waals surface area contributed by atoms with E-state index in [-0.39, 0.29) is 18.7 Å². The molecule has 0 fully saturated rings. The normalized spacial score (nSPS) is 11.1. The number of hydrogen-bond donors (Lipinski definition) is 1. The van der Waals surface area contributed by atoms with Crippen molar-refractivity contribution in [3.05, 3.63) is 54.0 Å². The number of para-hydroxylation sites is 1. The Balaban J connectivity index is 1.87. The fourth-order valence-electron chi connectivity index (χ4n) is 1.74. The van der Waals surface area contributed by atoms with E-state index in [2.05, 4.69) is 5.32 Å². The predicted octanol–water partition coefficient (Wildman–Crippen LogP) is 3.02. The third-order valence-electron chi connectivity index (χ3n) is 2.78. The Morgan fingerprint density at radius 1 is 1.13 bits per heavy atom. The molecule has 0 bridgehead atoms. The fourth-order valence-corrected chi connectivity index (χ4v) is 1.74. The van der Waals surface area contributed by atoms with Crippen molar-refractivity contribution in [3.63, 3.8) is 0 Å². The highest BCUT2D eigenvalue weighted by atomic mass is 19.4. The van der Waals surface area contributed by atoms with Crippen LogP contribution in [0.1, 0.15) is 22.5 Å². The molecule has 0 aliphatic rings. The Morgan fingerprint density at radius 2 is 1.87 bits per heavy atom. The molecule has 0 saturated heterocycles. The number of hydrogen-bond acceptors (Lipinski definition) is 4. The molecule has 1 aromatic carbocycles. The van der Waals surface area contributed by atoms with Gasteiger partial charge in [0.25, 0.3) is 5.91 Å². The van der Waals surface area contributed by atoms with Gasteiger partial charge in [0.05, 0.1) is 18.2 Å². The molecule has 0 atom stereocenters. The standard InChI is InChI=1S/C15H12F3NO4/c16-15(17,18)10-4-1-2-5-11(10)23-13(20)7-8-19-14(21)12-6-3-9-22-12/h1-6,9H,7-8H2,(H,19,21). The van der Waals surface area contributed by atoms with Gasteiger partial charge in [-0.1, -0.05) is 12.1 Å². The molecule has 0 unspecified atom stereocenters. The van der Waals surface area contributed by atoms with Crippen molar-refractivity contribution >= 4 is 11.9 Å². The number of carbonyl (C=O) groups is 2. The highest BCUT2D eigenvalue weighted by molar-refractivity contribution is 5.91. The van der Waals surface area contributed by atoms with E-state index in [1.165, 1.54) is 30.5 Å². The molecular formula is C15H12F3NO4. The van der Waals surface area contributed by atoms with Crippen molar-refractivity contribution < 1.29 is 31.9 Å². The minimum Gasteiger partial charge on any atom is -0.459 e. The lowest BCUT2D eigenvalue weighted by molar-refractivity contribution is -0.142. The maximum Gasteiger partial charge on any atom is 0.419 e. The van der Waals surface area contributed by atoms with Crippen LogP contribution in [0.5, 0.6) is 5.75 Å². The number of amides is 1. The van der Waals surface area contributed by atoms with Crippen molar-refractivity contribution in [1.29, 1.82) is 0 Å². The van der Waals surface area contributed by atoms with Gasteiger partial charge < -0.3 is 14.5 Å². The number of esters is 1. The molecule has 0 spiro atoms. The van der Waals surface area contributed by atoms with E-state index < -0.39 is 29.4 Å². The molecule has 0 aliphatic heterocycles. The lowest BCUT2D eigenvalue weighted by Gasteiger charge is -2.12. The van der Waals surface area contributed by atoms with Gasteiger partial charge in [-0.05, 0) is 24.3 Å². The highest BCUT2D eigenvalue weighted by Crippen LogP contribution is 2.35. The first-order valence-electron chi connectivity index (χ1n) is 6.56. The second-order valence-corrected chi connectivity index (χ2v) is 4.45. The van der Waals surface area contributed by atoms with E-state index in [0.717, 1.165) is 12.1 Å². The van der Waals surface area contributed by atoms with Gasteiger partial charge in [-0.3, -0.25) is 9.59 Å². The van der Waals surface area contributed by atoms with Gasteiger partial charge in [0, 0.05) is 6.54 Å². The molecular weight excluding hydrogens is 315 g/mol. The average Bonchev–Trinajstić information content (AvgIpc) is 3.01. The zero-order chi connectivity index (χ0) is 16.9. The number of nitrogens with one attached hydrogen (secondary N) is 1. The Bertz CT molecular complexity index is 680. The predicted molar refractivity (Wildman–Crippen MR) is 72.7 cm³/mol. The molecule has 23 heavy (non-hydrogen) atoms. The van der Waals surface area contributed by atoms with E-state index in [4.69, 9.17) is 9.15 Å². The first kappa shape index (κ1) is 16.6. The minimum absolute atomic E-state index is 0.0702.